The highest BCUT2D eigenvalue weighted by molar-refractivity contribution is 8.27. The van der Waals surface area contributed by atoms with E-state index in [9.17, 15) is 4.79 Å². The minimum atomic E-state index is -0.0485. The Hall–Kier alpha value is -2.11. The van der Waals surface area contributed by atoms with Crippen LogP contribution in [0.1, 0.15) is 18.1 Å². The highest BCUT2D eigenvalue weighted by atomic mass is 32.2. The minimum absolute atomic E-state index is 0.0485. The summed E-state index contributed by atoms with van der Waals surface area (Å²) in [6.07, 6.45) is 2.77. The lowest BCUT2D eigenvalue weighted by Crippen LogP contribution is -2.28. The van der Waals surface area contributed by atoms with Crippen LogP contribution in [0.5, 0.6) is 0 Å². The van der Waals surface area contributed by atoms with Crippen molar-refractivity contribution in [3.63, 3.8) is 0 Å². The number of hydrogen-bond donors (Lipinski definition) is 0. The topological polar surface area (TPSA) is 23.6 Å². The number of amides is 1. The van der Waals surface area contributed by atoms with E-state index in [1.54, 1.807) is 4.90 Å². The summed E-state index contributed by atoms with van der Waals surface area (Å²) in [6, 6.07) is 16.0. The molecule has 3 rings (SSSR count). The molecule has 0 radical (unpaired) electrons. The Morgan fingerprint density at radius 1 is 1.12 bits per heavy atom. The summed E-state index contributed by atoms with van der Waals surface area (Å²) >= 11 is 6.84. The lowest BCUT2D eigenvalue weighted by atomic mass is 10.1. The third kappa shape index (κ3) is 3.62. The molecule has 1 heterocycles. The van der Waals surface area contributed by atoms with Crippen molar-refractivity contribution in [2.75, 3.05) is 23.9 Å². The van der Waals surface area contributed by atoms with Gasteiger partial charge in [-0.2, -0.15) is 0 Å². The molecular weight excluding hydrogens is 348 g/mol. The van der Waals surface area contributed by atoms with E-state index in [-0.39, 0.29) is 5.91 Å². The molecule has 0 bridgehead atoms. The van der Waals surface area contributed by atoms with Crippen molar-refractivity contribution in [1.82, 2.24) is 0 Å². The summed E-state index contributed by atoms with van der Waals surface area (Å²) in [6.45, 7) is 2.08. The number of benzene rings is 2. The average molecular weight is 369 g/mol. The maximum atomic E-state index is 12.9. The van der Waals surface area contributed by atoms with Crippen LogP contribution in [0.4, 0.5) is 11.4 Å². The quantitative estimate of drug-likeness (QED) is 0.575. The van der Waals surface area contributed by atoms with Crippen LogP contribution in [0, 0.1) is 0 Å². The largest absolute Gasteiger partial charge is 0.378 e. The molecule has 0 aliphatic carbocycles. The second-order valence-corrected chi connectivity index (χ2v) is 7.66. The van der Waals surface area contributed by atoms with Gasteiger partial charge in [0.1, 0.15) is 0 Å². The lowest BCUT2D eigenvalue weighted by Gasteiger charge is -2.18. The molecule has 3 nitrogen and oxygen atoms in total. The van der Waals surface area contributed by atoms with Gasteiger partial charge in [-0.25, -0.2) is 0 Å². The Bertz CT molecular complexity index is 841. The Kier molecular flexibility index (Phi) is 5.25. The van der Waals surface area contributed by atoms with E-state index in [2.05, 4.69) is 6.92 Å². The van der Waals surface area contributed by atoms with Gasteiger partial charge in [-0.15, -0.1) is 0 Å². The summed E-state index contributed by atoms with van der Waals surface area (Å²) in [4.78, 5) is 17.3. The first kappa shape index (κ1) is 17.7. The van der Waals surface area contributed by atoms with E-state index in [0.29, 0.717) is 9.23 Å². The van der Waals surface area contributed by atoms with E-state index >= 15 is 0 Å². The minimum Gasteiger partial charge on any atom is -0.378 e. The van der Waals surface area contributed by atoms with Crippen LogP contribution in [0.25, 0.3) is 6.08 Å². The van der Waals surface area contributed by atoms with Crippen molar-refractivity contribution in [2.24, 2.45) is 0 Å². The zero-order valence-electron chi connectivity index (χ0n) is 14.5. The second-order valence-electron chi connectivity index (χ2n) is 5.99. The highest BCUT2D eigenvalue weighted by Gasteiger charge is 2.34. The average Bonchev–Trinajstić information content (AvgIpc) is 2.89. The first-order valence-electron chi connectivity index (χ1n) is 8.14. The summed E-state index contributed by atoms with van der Waals surface area (Å²) in [5.74, 6) is -0.0485. The number of rotatable bonds is 4. The van der Waals surface area contributed by atoms with E-state index in [1.807, 2.05) is 73.6 Å². The van der Waals surface area contributed by atoms with Gasteiger partial charge in [0.25, 0.3) is 5.91 Å². The molecule has 0 saturated carbocycles. The van der Waals surface area contributed by atoms with Crippen LogP contribution in [-0.4, -0.2) is 24.3 Å². The van der Waals surface area contributed by atoms with Crippen LogP contribution in [0.3, 0.4) is 0 Å². The molecule has 5 heteroatoms. The van der Waals surface area contributed by atoms with Gasteiger partial charge < -0.3 is 4.90 Å². The number of carbonyl (C=O) groups is 1. The lowest BCUT2D eigenvalue weighted by molar-refractivity contribution is -0.113. The van der Waals surface area contributed by atoms with Crippen molar-refractivity contribution >= 4 is 51.7 Å². The Balaban J connectivity index is 1.90. The zero-order valence-corrected chi connectivity index (χ0v) is 16.2. The Labute approximate surface area is 158 Å². The molecule has 2 aromatic rings. The van der Waals surface area contributed by atoms with E-state index in [4.69, 9.17) is 12.2 Å². The maximum absolute atomic E-state index is 12.9. The third-order valence-corrected chi connectivity index (χ3v) is 5.42. The number of carbonyl (C=O) groups excluding carboxylic acids is 1. The molecule has 2 aromatic carbocycles. The fourth-order valence-electron chi connectivity index (χ4n) is 2.72. The van der Waals surface area contributed by atoms with Crippen molar-refractivity contribution in [2.45, 2.75) is 13.3 Å². The first-order valence-corrected chi connectivity index (χ1v) is 9.37. The van der Waals surface area contributed by atoms with Crippen molar-refractivity contribution in [3.8, 4) is 0 Å². The van der Waals surface area contributed by atoms with Crippen LogP contribution >= 0.6 is 24.0 Å². The molecule has 25 heavy (non-hydrogen) atoms. The van der Waals surface area contributed by atoms with Crippen LogP contribution in [0.2, 0.25) is 0 Å². The van der Waals surface area contributed by atoms with Gasteiger partial charge >= 0.3 is 0 Å². The van der Waals surface area contributed by atoms with Gasteiger partial charge in [-0.3, -0.25) is 9.69 Å². The number of hydrogen-bond acceptors (Lipinski definition) is 4. The predicted molar refractivity (Wildman–Crippen MR) is 112 cm³/mol. The van der Waals surface area contributed by atoms with Crippen LogP contribution in [-0.2, 0) is 11.2 Å². The van der Waals surface area contributed by atoms with E-state index < -0.39 is 0 Å². The molecule has 128 valence electrons. The summed E-state index contributed by atoms with van der Waals surface area (Å²) in [7, 11) is 4.01. The van der Waals surface area contributed by atoms with Gasteiger partial charge in [0.15, 0.2) is 4.32 Å². The monoisotopic (exact) mass is 368 g/mol. The van der Waals surface area contributed by atoms with Gasteiger partial charge in [0, 0.05) is 19.8 Å². The number of thioether (sulfide) groups is 1. The molecule has 1 saturated heterocycles. The van der Waals surface area contributed by atoms with E-state index in [1.165, 1.54) is 11.8 Å². The Morgan fingerprint density at radius 3 is 2.44 bits per heavy atom. The summed E-state index contributed by atoms with van der Waals surface area (Å²) < 4.78 is 0.585. The molecular formula is C20H20N2OS2. The number of para-hydroxylation sites is 1. The fourth-order valence-corrected chi connectivity index (χ4v) is 4.01. The first-order chi connectivity index (χ1) is 12.0. The zero-order chi connectivity index (χ0) is 18.0. The SMILES string of the molecule is CCc1ccccc1N1C(=O)/C(=C/c2ccc(N(C)C)cc2)SC1=S. The number of thiocarbonyl (C=S) groups is 1. The molecule has 1 amide bonds. The van der Waals surface area contributed by atoms with Gasteiger partial charge in [-0.1, -0.05) is 61.2 Å². The molecule has 0 aromatic heterocycles. The molecule has 1 fully saturated rings. The number of aryl methyl sites for hydroxylation is 1. The standard InChI is InChI=1S/C20H20N2OS2/c1-4-15-7-5-6-8-17(15)22-19(23)18(25-20(22)24)13-14-9-11-16(12-10-14)21(2)3/h5-13H,4H2,1-3H3/b18-13-. The summed E-state index contributed by atoms with van der Waals surface area (Å²) in [5, 5.41) is 0. The molecule has 0 N–H and O–H groups in total. The van der Waals surface area contributed by atoms with Crippen LogP contribution in [0.15, 0.2) is 53.4 Å². The van der Waals surface area contributed by atoms with E-state index in [0.717, 1.165) is 28.9 Å². The fraction of sp³-hybridized carbons (Fsp3) is 0.200. The smallest absolute Gasteiger partial charge is 0.270 e. The number of anilines is 2. The predicted octanol–water partition coefficient (Wildman–Crippen LogP) is 4.72. The van der Waals surface area contributed by atoms with Crippen molar-refractivity contribution in [3.05, 3.63) is 64.6 Å². The second kappa shape index (κ2) is 7.42. The normalized spacial score (nSPS) is 16.0. The highest BCUT2D eigenvalue weighted by Crippen LogP contribution is 2.37. The molecule has 0 spiro atoms. The van der Waals surface area contributed by atoms with Crippen LogP contribution < -0.4 is 9.80 Å². The Morgan fingerprint density at radius 2 is 1.80 bits per heavy atom. The maximum Gasteiger partial charge on any atom is 0.270 e. The van der Waals surface area contributed by atoms with Gasteiger partial charge in [0.2, 0.25) is 0 Å². The third-order valence-electron chi connectivity index (χ3n) is 4.11. The molecule has 0 atom stereocenters. The molecule has 1 aliphatic heterocycles. The molecule has 0 unspecified atom stereocenters. The van der Waals surface area contributed by atoms with Gasteiger partial charge in [-0.05, 0) is 41.8 Å². The van der Waals surface area contributed by atoms with Crippen molar-refractivity contribution in [1.29, 1.82) is 0 Å². The van der Waals surface area contributed by atoms with Gasteiger partial charge in [0.05, 0.1) is 10.6 Å². The number of nitrogens with zero attached hydrogens (tertiary/aromatic N) is 2. The molecule has 1 aliphatic rings. The van der Waals surface area contributed by atoms with Crippen molar-refractivity contribution < 1.29 is 4.79 Å². The summed E-state index contributed by atoms with van der Waals surface area (Å²) in [5.41, 5.74) is 4.13.